The van der Waals surface area contributed by atoms with Crippen LogP contribution in [0.5, 0.6) is 5.75 Å². The predicted molar refractivity (Wildman–Crippen MR) is 82.3 cm³/mol. The van der Waals surface area contributed by atoms with Crippen molar-refractivity contribution >= 4 is 9.84 Å². The largest absolute Gasteiger partial charge is 0.497 e. The Morgan fingerprint density at radius 3 is 2.33 bits per heavy atom. The molecule has 1 aromatic carbocycles. The molecule has 2 rings (SSSR count). The van der Waals surface area contributed by atoms with Gasteiger partial charge in [0, 0.05) is 30.7 Å². The lowest BCUT2D eigenvalue weighted by Crippen LogP contribution is -2.28. The molecule has 118 valence electrons. The van der Waals surface area contributed by atoms with Crippen molar-refractivity contribution in [3.05, 3.63) is 29.8 Å². The molecule has 0 spiro atoms. The molecule has 1 aliphatic rings. The Kier molecular flexibility index (Phi) is 4.60. The number of hydrogen-bond donors (Lipinski definition) is 1. The maximum absolute atomic E-state index is 12.1. The second-order valence-corrected chi connectivity index (χ2v) is 7.74. The molecule has 21 heavy (non-hydrogen) atoms. The van der Waals surface area contributed by atoms with E-state index in [-0.39, 0.29) is 5.92 Å². The van der Waals surface area contributed by atoms with Gasteiger partial charge in [-0.1, -0.05) is 12.1 Å². The summed E-state index contributed by atoms with van der Waals surface area (Å²) in [6.45, 7) is 3.11. The Morgan fingerprint density at radius 2 is 1.90 bits per heavy atom. The summed E-state index contributed by atoms with van der Waals surface area (Å²) < 4.78 is 34.8. The van der Waals surface area contributed by atoms with E-state index in [9.17, 15) is 8.42 Å². The number of hydrogen-bond acceptors (Lipinski definition) is 5. The molecule has 0 unspecified atom stereocenters. The first kappa shape index (κ1) is 16.3. The zero-order valence-corrected chi connectivity index (χ0v) is 13.5. The van der Waals surface area contributed by atoms with Gasteiger partial charge in [-0.25, -0.2) is 8.42 Å². The van der Waals surface area contributed by atoms with Crippen molar-refractivity contribution in [2.45, 2.75) is 18.1 Å². The quantitative estimate of drug-likeness (QED) is 0.818. The predicted octanol–water partition coefficient (Wildman–Crippen LogP) is 1.19. The molecule has 0 aromatic heterocycles. The lowest BCUT2D eigenvalue weighted by molar-refractivity contribution is 0.101. The monoisotopic (exact) mass is 313 g/mol. The molecule has 1 aliphatic carbocycles. The Bertz CT molecular complexity index is 584. The average molecular weight is 313 g/mol. The van der Waals surface area contributed by atoms with E-state index in [2.05, 4.69) is 0 Å². The van der Waals surface area contributed by atoms with Crippen LogP contribution in [0, 0.1) is 5.41 Å². The Hall–Kier alpha value is -1.11. The molecular weight excluding hydrogens is 290 g/mol. The summed E-state index contributed by atoms with van der Waals surface area (Å²) in [6.07, 6.45) is 1.28. The summed E-state index contributed by atoms with van der Waals surface area (Å²) in [7, 11) is -1.58. The third-order valence-electron chi connectivity index (χ3n) is 4.27. The summed E-state index contributed by atoms with van der Waals surface area (Å²) >= 11 is 0. The number of benzene rings is 1. The fourth-order valence-corrected chi connectivity index (χ4v) is 5.22. The first-order valence-electron chi connectivity index (χ1n) is 7.01. The van der Waals surface area contributed by atoms with Gasteiger partial charge in [-0.15, -0.1) is 0 Å². The maximum atomic E-state index is 12.1. The van der Waals surface area contributed by atoms with Crippen LogP contribution in [0.15, 0.2) is 24.3 Å². The molecule has 1 fully saturated rings. The highest BCUT2D eigenvalue weighted by Gasteiger charge is 2.69. The van der Waals surface area contributed by atoms with E-state index in [0.29, 0.717) is 19.8 Å². The molecular formula is C15H23NO4S. The van der Waals surface area contributed by atoms with Crippen molar-refractivity contribution in [2.24, 2.45) is 11.1 Å². The third kappa shape index (κ3) is 2.93. The topological polar surface area (TPSA) is 78.6 Å². The van der Waals surface area contributed by atoms with Crippen molar-refractivity contribution < 1.29 is 17.9 Å². The van der Waals surface area contributed by atoms with E-state index in [1.807, 2.05) is 31.2 Å². The molecule has 6 heteroatoms. The first-order chi connectivity index (χ1) is 9.90. The molecule has 0 heterocycles. The van der Waals surface area contributed by atoms with Gasteiger partial charge in [0.1, 0.15) is 5.75 Å². The van der Waals surface area contributed by atoms with E-state index in [1.165, 1.54) is 6.26 Å². The lowest BCUT2D eigenvalue weighted by Gasteiger charge is -2.15. The molecule has 0 radical (unpaired) electrons. The van der Waals surface area contributed by atoms with Crippen LogP contribution >= 0.6 is 0 Å². The average Bonchev–Trinajstić information content (AvgIpc) is 3.15. The van der Waals surface area contributed by atoms with Gasteiger partial charge >= 0.3 is 0 Å². The first-order valence-corrected chi connectivity index (χ1v) is 8.96. The molecule has 2 N–H and O–H groups in total. The van der Waals surface area contributed by atoms with Gasteiger partial charge in [-0.3, -0.25) is 0 Å². The van der Waals surface area contributed by atoms with Gasteiger partial charge in [-0.05, 0) is 24.6 Å². The standard InChI is InChI=1S/C15H23NO4S/c1-4-20-10-15(9-16)13(14(15)21(3,17)18)11-5-7-12(19-2)8-6-11/h5-8,13-14H,4,9-10,16H2,1-3H3/t13-,14-,15+/m0/s1. The summed E-state index contributed by atoms with van der Waals surface area (Å²) in [5, 5.41) is -0.477. The normalized spacial score (nSPS) is 28.4. The summed E-state index contributed by atoms with van der Waals surface area (Å²) in [5.41, 5.74) is 6.36. The van der Waals surface area contributed by atoms with Gasteiger partial charge in [0.05, 0.1) is 19.0 Å². The number of methoxy groups -OCH3 is 1. The molecule has 1 aromatic rings. The number of ether oxygens (including phenoxy) is 2. The van der Waals surface area contributed by atoms with Crippen molar-refractivity contribution in [2.75, 3.05) is 33.1 Å². The van der Waals surface area contributed by atoms with E-state index in [1.54, 1.807) is 7.11 Å². The van der Waals surface area contributed by atoms with Crippen molar-refractivity contribution in [1.29, 1.82) is 0 Å². The van der Waals surface area contributed by atoms with Crippen LogP contribution in [0.4, 0.5) is 0 Å². The van der Waals surface area contributed by atoms with Gasteiger partial charge in [0.25, 0.3) is 0 Å². The molecule has 3 atom stereocenters. The van der Waals surface area contributed by atoms with Crippen molar-refractivity contribution in [1.82, 2.24) is 0 Å². The van der Waals surface area contributed by atoms with Gasteiger partial charge in [-0.2, -0.15) is 0 Å². The molecule has 5 nitrogen and oxygen atoms in total. The fraction of sp³-hybridized carbons (Fsp3) is 0.600. The molecule has 0 aliphatic heterocycles. The van der Waals surface area contributed by atoms with Crippen LogP contribution in [0.25, 0.3) is 0 Å². The molecule has 1 saturated carbocycles. The highest BCUT2D eigenvalue weighted by Crippen LogP contribution is 2.62. The van der Waals surface area contributed by atoms with Crippen molar-refractivity contribution in [3.63, 3.8) is 0 Å². The van der Waals surface area contributed by atoms with Crippen LogP contribution in [0.2, 0.25) is 0 Å². The van der Waals surface area contributed by atoms with Gasteiger partial charge < -0.3 is 15.2 Å². The number of sulfone groups is 1. The number of nitrogens with two attached hydrogens (primary N) is 1. The minimum Gasteiger partial charge on any atom is -0.497 e. The second kappa shape index (κ2) is 5.94. The molecule has 0 bridgehead atoms. The smallest absolute Gasteiger partial charge is 0.151 e. The zero-order valence-electron chi connectivity index (χ0n) is 12.7. The van der Waals surface area contributed by atoms with Gasteiger partial charge in [0.15, 0.2) is 9.84 Å². The minimum atomic E-state index is -3.18. The zero-order chi connectivity index (χ0) is 15.7. The van der Waals surface area contributed by atoms with Crippen molar-refractivity contribution in [3.8, 4) is 5.75 Å². The van der Waals surface area contributed by atoms with E-state index >= 15 is 0 Å². The summed E-state index contributed by atoms with van der Waals surface area (Å²) in [6, 6.07) is 7.50. The minimum absolute atomic E-state index is 0.116. The van der Waals surface area contributed by atoms with Crippen LogP contribution in [-0.2, 0) is 14.6 Å². The Morgan fingerprint density at radius 1 is 1.29 bits per heavy atom. The van der Waals surface area contributed by atoms with E-state index < -0.39 is 20.5 Å². The summed E-state index contributed by atoms with van der Waals surface area (Å²) in [4.78, 5) is 0. The fourth-order valence-electron chi connectivity index (χ4n) is 3.21. The SMILES string of the molecule is CCOC[C@]1(CN)[C@@H](c2ccc(OC)cc2)[C@@H]1S(C)(=O)=O. The van der Waals surface area contributed by atoms with Crippen LogP contribution < -0.4 is 10.5 Å². The maximum Gasteiger partial charge on any atom is 0.151 e. The third-order valence-corrected chi connectivity index (χ3v) is 5.93. The van der Waals surface area contributed by atoms with Gasteiger partial charge in [0.2, 0.25) is 0 Å². The summed E-state index contributed by atoms with van der Waals surface area (Å²) in [5.74, 6) is 0.633. The number of rotatable bonds is 7. The molecule has 0 amide bonds. The van der Waals surface area contributed by atoms with Crippen LogP contribution in [0.1, 0.15) is 18.4 Å². The van der Waals surface area contributed by atoms with E-state index in [0.717, 1.165) is 11.3 Å². The Labute approximate surface area is 126 Å². The van der Waals surface area contributed by atoms with Crippen LogP contribution in [0.3, 0.4) is 0 Å². The van der Waals surface area contributed by atoms with Crippen LogP contribution in [-0.4, -0.2) is 46.8 Å². The Balaban J connectivity index is 2.34. The highest BCUT2D eigenvalue weighted by atomic mass is 32.2. The highest BCUT2D eigenvalue weighted by molar-refractivity contribution is 7.91. The molecule has 0 saturated heterocycles. The second-order valence-electron chi connectivity index (χ2n) is 5.58. The van der Waals surface area contributed by atoms with E-state index in [4.69, 9.17) is 15.2 Å². The lowest BCUT2D eigenvalue weighted by atomic mass is 10.00.